The first-order valence-electron chi connectivity index (χ1n) is 7.17. The summed E-state index contributed by atoms with van der Waals surface area (Å²) in [4.78, 5) is -0.198. The zero-order chi connectivity index (χ0) is 19.2. The Balaban J connectivity index is 3.00. The fourth-order valence-electron chi connectivity index (χ4n) is 1.81. The maximum atomic E-state index is 13.7. The molecule has 0 spiro atoms. The molecule has 138 valence electrons. The van der Waals surface area contributed by atoms with E-state index in [4.69, 9.17) is 0 Å². The fourth-order valence-corrected chi connectivity index (χ4v) is 2.90. The van der Waals surface area contributed by atoms with Gasteiger partial charge >= 0.3 is 6.18 Å². The minimum atomic E-state index is -4.62. The van der Waals surface area contributed by atoms with Crippen LogP contribution in [0.25, 0.3) is 0 Å². The molecule has 0 aliphatic rings. The molecule has 0 saturated carbocycles. The summed E-state index contributed by atoms with van der Waals surface area (Å²) in [5.74, 6) is -2.65. The molecule has 2 nitrogen and oxygen atoms in total. The third kappa shape index (κ3) is 7.64. The van der Waals surface area contributed by atoms with E-state index in [9.17, 15) is 26.2 Å². The maximum absolute atomic E-state index is 13.7. The van der Waals surface area contributed by atoms with Gasteiger partial charge < -0.3 is 5.32 Å². The molecule has 1 atom stereocenters. The molecular formula is C17H18F5NOS. The molecule has 0 radical (unpaired) electrons. The van der Waals surface area contributed by atoms with E-state index in [0.29, 0.717) is 5.56 Å². The molecule has 0 bridgehead atoms. The van der Waals surface area contributed by atoms with Gasteiger partial charge in [-0.2, -0.15) is 13.2 Å². The standard InChI is InChI=1S/C17H18F5NOS/c1-11(2)16(25(24)10-17(20,21)22)8-15(12(3)18)23-9-13-4-6-14(19)7-5-13/h4-8,23H,1,9-10H2,2-3H3/b15-12-,16-8+. The molecule has 0 fully saturated rings. The SMILES string of the molecule is C=C(C)/C(=C\C(NCc1ccc(F)cc1)=C(/C)F)S(=O)CC(F)(F)F. The summed E-state index contributed by atoms with van der Waals surface area (Å²) in [6, 6.07) is 5.43. The number of hydrogen-bond acceptors (Lipinski definition) is 2. The summed E-state index contributed by atoms with van der Waals surface area (Å²) >= 11 is 0. The number of allylic oxidation sites excluding steroid dienone is 3. The van der Waals surface area contributed by atoms with E-state index in [1.807, 2.05) is 0 Å². The van der Waals surface area contributed by atoms with Gasteiger partial charge in [-0.05, 0) is 43.2 Å². The summed E-state index contributed by atoms with van der Waals surface area (Å²) in [6.45, 7) is 6.13. The van der Waals surface area contributed by atoms with Gasteiger partial charge in [0.05, 0.1) is 16.5 Å². The molecule has 0 amide bonds. The quantitative estimate of drug-likeness (QED) is 0.540. The van der Waals surface area contributed by atoms with Gasteiger partial charge in [-0.1, -0.05) is 18.7 Å². The van der Waals surface area contributed by atoms with Crippen LogP contribution in [0.4, 0.5) is 22.0 Å². The highest BCUT2D eigenvalue weighted by Gasteiger charge is 2.32. The Kier molecular flexibility index (Phi) is 7.54. The molecule has 1 N–H and O–H groups in total. The van der Waals surface area contributed by atoms with Crippen LogP contribution in [0.15, 0.2) is 58.9 Å². The molecule has 25 heavy (non-hydrogen) atoms. The number of rotatable bonds is 7. The first-order chi connectivity index (χ1) is 11.5. The Morgan fingerprint density at radius 1 is 1.24 bits per heavy atom. The van der Waals surface area contributed by atoms with E-state index in [1.165, 1.54) is 31.2 Å². The van der Waals surface area contributed by atoms with Crippen LogP contribution < -0.4 is 5.32 Å². The van der Waals surface area contributed by atoms with E-state index < -0.39 is 34.4 Å². The van der Waals surface area contributed by atoms with Crippen molar-refractivity contribution in [3.05, 3.63) is 70.3 Å². The first-order valence-corrected chi connectivity index (χ1v) is 8.49. The summed E-state index contributed by atoms with van der Waals surface area (Å²) in [5, 5.41) is 2.71. The molecule has 1 unspecified atom stereocenters. The van der Waals surface area contributed by atoms with Crippen molar-refractivity contribution in [1.82, 2.24) is 5.32 Å². The van der Waals surface area contributed by atoms with Gasteiger partial charge in [-0.15, -0.1) is 0 Å². The number of nitrogens with one attached hydrogen (secondary N) is 1. The molecule has 1 rings (SSSR count). The number of benzene rings is 1. The van der Waals surface area contributed by atoms with E-state index >= 15 is 0 Å². The maximum Gasteiger partial charge on any atom is 0.400 e. The predicted molar refractivity (Wildman–Crippen MR) is 89.0 cm³/mol. The van der Waals surface area contributed by atoms with Crippen molar-refractivity contribution in [2.24, 2.45) is 0 Å². The molecule has 0 saturated heterocycles. The van der Waals surface area contributed by atoms with Crippen molar-refractivity contribution in [2.75, 3.05) is 5.75 Å². The average molecular weight is 379 g/mol. The molecule has 1 aromatic carbocycles. The highest BCUT2D eigenvalue weighted by Crippen LogP contribution is 2.23. The van der Waals surface area contributed by atoms with Crippen molar-refractivity contribution < 1.29 is 26.2 Å². The van der Waals surface area contributed by atoms with Crippen LogP contribution in [0.1, 0.15) is 19.4 Å². The number of alkyl halides is 3. The lowest BCUT2D eigenvalue weighted by Gasteiger charge is -2.13. The van der Waals surface area contributed by atoms with Crippen molar-refractivity contribution in [2.45, 2.75) is 26.6 Å². The van der Waals surface area contributed by atoms with Gasteiger partial charge in [0.25, 0.3) is 0 Å². The van der Waals surface area contributed by atoms with Gasteiger partial charge in [0.2, 0.25) is 0 Å². The second kappa shape index (κ2) is 8.94. The lowest BCUT2D eigenvalue weighted by atomic mass is 10.2. The number of halogens is 5. The predicted octanol–water partition coefficient (Wildman–Crippen LogP) is 4.89. The highest BCUT2D eigenvalue weighted by atomic mass is 32.2. The van der Waals surface area contributed by atoms with E-state index in [-0.39, 0.29) is 22.7 Å². The summed E-state index contributed by atoms with van der Waals surface area (Å²) in [5.41, 5.74) is 0.671. The Bertz CT molecular complexity index is 701. The van der Waals surface area contributed by atoms with E-state index in [1.54, 1.807) is 0 Å². The second-order valence-corrected chi connectivity index (χ2v) is 6.74. The third-order valence-corrected chi connectivity index (χ3v) is 4.55. The molecule has 0 aromatic heterocycles. The highest BCUT2D eigenvalue weighted by molar-refractivity contribution is 7.89. The van der Waals surface area contributed by atoms with Crippen LogP contribution >= 0.6 is 0 Å². The molecule has 0 heterocycles. The molecular weight excluding hydrogens is 361 g/mol. The van der Waals surface area contributed by atoms with Crippen LogP contribution in [-0.4, -0.2) is 16.1 Å². The first kappa shape index (κ1) is 21.1. The lowest BCUT2D eigenvalue weighted by Crippen LogP contribution is -2.20. The number of hydrogen-bond donors (Lipinski definition) is 1. The minimum Gasteiger partial charge on any atom is -0.379 e. The van der Waals surface area contributed by atoms with Crippen LogP contribution in [-0.2, 0) is 17.3 Å². The Hall–Kier alpha value is -1.96. The minimum absolute atomic E-state index is 0.113. The third-order valence-electron chi connectivity index (χ3n) is 3.00. The monoisotopic (exact) mass is 379 g/mol. The van der Waals surface area contributed by atoms with Crippen LogP contribution in [0.2, 0.25) is 0 Å². The zero-order valence-electron chi connectivity index (χ0n) is 13.7. The molecule has 0 aliphatic heterocycles. The van der Waals surface area contributed by atoms with Crippen LogP contribution in [0.3, 0.4) is 0 Å². The van der Waals surface area contributed by atoms with E-state index in [0.717, 1.165) is 13.0 Å². The Labute approximate surface area is 145 Å². The van der Waals surface area contributed by atoms with Crippen molar-refractivity contribution >= 4 is 10.8 Å². The van der Waals surface area contributed by atoms with Gasteiger partial charge in [-0.25, -0.2) is 8.78 Å². The smallest absolute Gasteiger partial charge is 0.379 e. The fraction of sp³-hybridized carbons (Fsp3) is 0.294. The summed E-state index contributed by atoms with van der Waals surface area (Å²) in [6.07, 6.45) is -3.56. The van der Waals surface area contributed by atoms with Crippen molar-refractivity contribution in [3.8, 4) is 0 Å². The van der Waals surface area contributed by atoms with Gasteiger partial charge in [-0.3, -0.25) is 4.21 Å². The lowest BCUT2D eigenvalue weighted by molar-refractivity contribution is -0.105. The topological polar surface area (TPSA) is 29.1 Å². The van der Waals surface area contributed by atoms with Crippen LogP contribution in [0.5, 0.6) is 0 Å². The molecule has 0 aliphatic carbocycles. The normalized spacial score (nSPS) is 14.8. The van der Waals surface area contributed by atoms with Gasteiger partial charge in [0, 0.05) is 11.4 Å². The zero-order valence-corrected chi connectivity index (χ0v) is 14.5. The second-order valence-electron chi connectivity index (χ2n) is 5.32. The van der Waals surface area contributed by atoms with E-state index in [2.05, 4.69) is 11.9 Å². The summed E-state index contributed by atoms with van der Waals surface area (Å²) in [7, 11) is -2.40. The Morgan fingerprint density at radius 3 is 2.24 bits per heavy atom. The van der Waals surface area contributed by atoms with Crippen molar-refractivity contribution in [1.29, 1.82) is 0 Å². The average Bonchev–Trinajstić information content (AvgIpc) is 2.46. The van der Waals surface area contributed by atoms with Crippen molar-refractivity contribution in [3.63, 3.8) is 0 Å². The van der Waals surface area contributed by atoms with Gasteiger partial charge in [0.15, 0.2) is 0 Å². The Morgan fingerprint density at radius 2 is 1.80 bits per heavy atom. The molecule has 1 aromatic rings. The summed E-state index contributed by atoms with van der Waals surface area (Å²) < 4.78 is 75.8. The van der Waals surface area contributed by atoms with Gasteiger partial charge in [0.1, 0.15) is 17.4 Å². The molecule has 8 heteroatoms. The largest absolute Gasteiger partial charge is 0.400 e. The van der Waals surface area contributed by atoms with Crippen LogP contribution in [0, 0.1) is 5.82 Å².